The van der Waals surface area contributed by atoms with Crippen molar-refractivity contribution in [2.45, 2.75) is 25.1 Å². The Labute approximate surface area is 134 Å². The molecule has 2 nitrogen and oxygen atoms in total. The monoisotopic (exact) mass is 316 g/mol. The Bertz CT molecular complexity index is 696. The number of halogens is 2. The maximum atomic E-state index is 13.7. The lowest BCUT2D eigenvalue weighted by atomic mass is 9.93. The van der Waals surface area contributed by atoms with E-state index in [0.717, 1.165) is 12.0 Å². The van der Waals surface area contributed by atoms with E-state index in [4.69, 9.17) is 9.47 Å². The molecule has 0 radical (unpaired) electrons. The van der Waals surface area contributed by atoms with Crippen LogP contribution in [-0.4, -0.2) is 13.2 Å². The normalized spacial score (nSPS) is 21.0. The smallest absolute Gasteiger partial charge is 0.383 e. The van der Waals surface area contributed by atoms with E-state index in [9.17, 15) is 8.78 Å². The molecule has 0 spiro atoms. The Morgan fingerprint density at radius 1 is 1.13 bits per heavy atom. The average molecular weight is 316 g/mol. The third kappa shape index (κ3) is 3.42. The fraction of sp³-hybridized carbons (Fsp3) is 0.263. The first-order valence-electron chi connectivity index (χ1n) is 7.54. The number of benzene rings is 2. The van der Waals surface area contributed by atoms with E-state index in [1.165, 1.54) is 0 Å². The van der Waals surface area contributed by atoms with Gasteiger partial charge in [-0.25, -0.2) is 0 Å². The Balaban J connectivity index is 1.73. The van der Waals surface area contributed by atoms with Gasteiger partial charge in [-0.2, -0.15) is 8.78 Å². The highest BCUT2D eigenvalue weighted by Gasteiger charge is 2.53. The number of aryl methyl sites for hydroxylation is 1. The predicted octanol–water partition coefficient (Wildman–Crippen LogP) is 4.92. The number of rotatable bonds is 5. The number of hydrogen-bond acceptors (Lipinski definition) is 2. The predicted molar refractivity (Wildman–Crippen MR) is 84.6 cm³/mol. The molecular formula is C19H18F2O2. The lowest BCUT2D eigenvalue weighted by Crippen LogP contribution is -2.41. The first kappa shape index (κ1) is 15.7. The van der Waals surface area contributed by atoms with E-state index in [1.807, 2.05) is 30.3 Å². The van der Waals surface area contributed by atoms with E-state index >= 15 is 0 Å². The maximum Gasteiger partial charge on any atom is 0.383 e. The molecule has 4 heteroatoms. The van der Waals surface area contributed by atoms with Crippen molar-refractivity contribution in [3.8, 4) is 5.75 Å². The van der Waals surface area contributed by atoms with Crippen LogP contribution >= 0.6 is 0 Å². The van der Waals surface area contributed by atoms with E-state index in [2.05, 4.69) is 0 Å². The van der Waals surface area contributed by atoms with Crippen molar-refractivity contribution in [2.75, 3.05) is 7.11 Å². The van der Waals surface area contributed by atoms with Gasteiger partial charge in [0.1, 0.15) is 11.9 Å². The third-order valence-electron chi connectivity index (χ3n) is 3.92. The highest BCUT2D eigenvalue weighted by molar-refractivity contribution is 5.38. The van der Waals surface area contributed by atoms with E-state index in [1.54, 1.807) is 37.5 Å². The minimum absolute atomic E-state index is 0.0293. The van der Waals surface area contributed by atoms with Crippen LogP contribution in [0.2, 0.25) is 0 Å². The summed E-state index contributed by atoms with van der Waals surface area (Å²) in [4.78, 5) is 0. The van der Waals surface area contributed by atoms with Crippen LogP contribution in [-0.2, 0) is 11.2 Å². The SMILES string of the molecule is COc1cccc(C2OC(F)(F)/C2=C/CCc2ccccc2)c1. The molecule has 1 aliphatic heterocycles. The zero-order valence-corrected chi connectivity index (χ0v) is 12.8. The van der Waals surface area contributed by atoms with Gasteiger partial charge < -0.3 is 9.47 Å². The van der Waals surface area contributed by atoms with Crippen LogP contribution in [0.1, 0.15) is 23.7 Å². The second kappa shape index (κ2) is 6.50. The number of hydrogen-bond donors (Lipinski definition) is 0. The summed E-state index contributed by atoms with van der Waals surface area (Å²) >= 11 is 0. The highest BCUT2D eigenvalue weighted by atomic mass is 19.3. The van der Waals surface area contributed by atoms with Gasteiger partial charge in [-0.3, -0.25) is 0 Å². The minimum atomic E-state index is -3.18. The Morgan fingerprint density at radius 2 is 1.91 bits per heavy atom. The molecule has 0 amide bonds. The van der Waals surface area contributed by atoms with Gasteiger partial charge in [0.2, 0.25) is 0 Å². The zero-order chi connectivity index (χ0) is 16.3. The molecule has 1 fully saturated rings. The van der Waals surface area contributed by atoms with Crippen molar-refractivity contribution in [1.29, 1.82) is 0 Å². The van der Waals surface area contributed by atoms with Crippen LogP contribution in [0.15, 0.2) is 66.2 Å². The molecule has 1 unspecified atom stereocenters. The summed E-state index contributed by atoms with van der Waals surface area (Å²) in [5.74, 6) is 0.630. The molecular weight excluding hydrogens is 298 g/mol. The number of allylic oxidation sites excluding steroid dienone is 1. The fourth-order valence-corrected chi connectivity index (χ4v) is 2.69. The van der Waals surface area contributed by atoms with Crippen molar-refractivity contribution in [3.63, 3.8) is 0 Å². The van der Waals surface area contributed by atoms with Gasteiger partial charge in [-0.1, -0.05) is 48.5 Å². The molecule has 1 aliphatic rings. The zero-order valence-electron chi connectivity index (χ0n) is 12.8. The van der Waals surface area contributed by atoms with Crippen LogP contribution in [0, 0.1) is 0 Å². The van der Waals surface area contributed by atoms with Crippen LogP contribution in [0.3, 0.4) is 0 Å². The molecule has 1 atom stereocenters. The number of methoxy groups -OCH3 is 1. The molecule has 2 aromatic rings. The lowest BCUT2D eigenvalue weighted by molar-refractivity contribution is -0.300. The summed E-state index contributed by atoms with van der Waals surface area (Å²) < 4.78 is 37.4. The number of alkyl halides is 2. The Hall–Kier alpha value is -2.20. The quantitative estimate of drug-likeness (QED) is 0.729. The van der Waals surface area contributed by atoms with Crippen molar-refractivity contribution in [3.05, 3.63) is 77.4 Å². The number of ether oxygens (including phenoxy) is 2. The molecule has 0 aromatic heterocycles. The van der Waals surface area contributed by atoms with Crippen LogP contribution < -0.4 is 4.74 Å². The third-order valence-corrected chi connectivity index (χ3v) is 3.92. The summed E-state index contributed by atoms with van der Waals surface area (Å²) in [6.45, 7) is 0. The summed E-state index contributed by atoms with van der Waals surface area (Å²) in [6.07, 6.45) is -0.995. The van der Waals surface area contributed by atoms with E-state index < -0.39 is 12.2 Å². The van der Waals surface area contributed by atoms with Crippen LogP contribution in [0.4, 0.5) is 8.78 Å². The topological polar surface area (TPSA) is 18.5 Å². The molecule has 0 N–H and O–H groups in total. The largest absolute Gasteiger partial charge is 0.497 e. The minimum Gasteiger partial charge on any atom is -0.497 e. The molecule has 0 aliphatic carbocycles. The molecule has 23 heavy (non-hydrogen) atoms. The molecule has 3 rings (SSSR count). The molecule has 0 saturated carbocycles. The van der Waals surface area contributed by atoms with Gasteiger partial charge in [0, 0.05) is 0 Å². The maximum absolute atomic E-state index is 13.7. The van der Waals surface area contributed by atoms with Crippen molar-refractivity contribution in [2.24, 2.45) is 0 Å². The van der Waals surface area contributed by atoms with Crippen molar-refractivity contribution < 1.29 is 18.3 Å². The molecule has 120 valence electrons. The fourth-order valence-electron chi connectivity index (χ4n) is 2.69. The van der Waals surface area contributed by atoms with Gasteiger partial charge in [-0.15, -0.1) is 0 Å². The summed E-state index contributed by atoms with van der Waals surface area (Å²) in [5, 5.41) is 0. The van der Waals surface area contributed by atoms with E-state index in [-0.39, 0.29) is 5.57 Å². The highest BCUT2D eigenvalue weighted by Crippen LogP contribution is 2.50. The van der Waals surface area contributed by atoms with E-state index in [0.29, 0.717) is 17.7 Å². The van der Waals surface area contributed by atoms with Gasteiger partial charge in [0.25, 0.3) is 0 Å². The first-order chi connectivity index (χ1) is 11.1. The van der Waals surface area contributed by atoms with Gasteiger partial charge in [0.15, 0.2) is 0 Å². The summed E-state index contributed by atoms with van der Waals surface area (Å²) in [5.41, 5.74) is 1.84. The van der Waals surface area contributed by atoms with Gasteiger partial charge >= 0.3 is 6.11 Å². The molecule has 1 saturated heterocycles. The molecule has 1 heterocycles. The second-order valence-corrected chi connectivity index (χ2v) is 5.48. The van der Waals surface area contributed by atoms with Crippen molar-refractivity contribution >= 4 is 0 Å². The molecule has 0 bridgehead atoms. The second-order valence-electron chi connectivity index (χ2n) is 5.48. The Kier molecular flexibility index (Phi) is 4.44. The summed E-state index contributed by atoms with van der Waals surface area (Å²) in [6, 6.07) is 16.9. The van der Waals surface area contributed by atoms with Gasteiger partial charge in [0.05, 0.1) is 12.7 Å². The standard InChI is InChI=1S/C19H18F2O2/c1-22-16-11-6-10-15(13-16)18-17(19(20,21)23-18)12-5-9-14-7-3-2-4-8-14/h2-4,6-8,10-13,18H,5,9H2,1H3/b17-12+. The molecule has 2 aromatic carbocycles. The first-order valence-corrected chi connectivity index (χ1v) is 7.54. The van der Waals surface area contributed by atoms with Crippen LogP contribution in [0.5, 0.6) is 5.75 Å². The summed E-state index contributed by atoms with van der Waals surface area (Å²) in [7, 11) is 1.55. The average Bonchev–Trinajstić information content (AvgIpc) is 2.58. The van der Waals surface area contributed by atoms with Crippen LogP contribution in [0.25, 0.3) is 0 Å². The van der Waals surface area contributed by atoms with Crippen molar-refractivity contribution in [1.82, 2.24) is 0 Å². The Morgan fingerprint density at radius 3 is 2.61 bits per heavy atom. The lowest BCUT2D eigenvalue weighted by Gasteiger charge is -2.38. The van der Waals surface area contributed by atoms with Gasteiger partial charge in [-0.05, 0) is 36.1 Å².